The molecule has 3 heteroatoms. The second-order valence-electron chi connectivity index (χ2n) is 3.85. The van der Waals surface area contributed by atoms with Crippen LogP contribution in [0.4, 0.5) is 0 Å². The summed E-state index contributed by atoms with van der Waals surface area (Å²) in [6.45, 7) is 1.56. The lowest BCUT2D eigenvalue weighted by molar-refractivity contribution is -0.139. The lowest BCUT2D eigenvalue weighted by Crippen LogP contribution is -2.32. The second kappa shape index (κ2) is 4.45. The maximum atomic E-state index is 11.8. The van der Waals surface area contributed by atoms with Crippen LogP contribution in [0.1, 0.15) is 24.5 Å². The molecule has 0 bridgehead atoms. The van der Waals surface area contributed by atoms with Crippen LogP contribution in [0.15, 0.2) is 30.3 Å². The van der Waals surface area contributed by atoms with Gasteiger partial charge in [0, 0.05) is 13.1 Å². The highest BCUT2D eigenvalue weighted by Crippen LogP contribution is 2.18. The molecular formula is C12H15NO2. The fourth-order valence-electron chi connectivity index (χ4n) is 1.89. The molecule has 2 rings (SSSR count). The van der Waals surface area contributed by atoms with Crippen molar-refractivity contribution in [3.8, 4) is 0 Å². The summed E-state index contributed by atoms with van der Waals surface area (Å²) < 4.78 is 0. The molecule has 1 fully saturated rings. The molecule has 0 spiro atoms. The molecule has 1 aliphatic rings. The summed E-state index contributed by atoms with van der Waals surface area (Å²) in [4.78, 5) is 13.6. The van der Waals surface area contributed by atoms with Crippen LogP contribution < -0.4 is 0 Å². The number of hydrogen-bond acceptors (Lipinski definition) is 2. The van der Waals surface area contributed by atoms with Crippen molar-refractivity contribution in [2.45, 2.75) is 18.9 Å². The van der Waals surface area contributed by atoms with Crippen molar-refractivity contribution >= 4 is 5.91 Å². The largest absolute Gasteiger partial charge is 0.378 e. The molecule has 3 nitrogen and oxygen atoms in total. The van der Waals surface area contributed by atoms with Gasteiger partial charge in [0.05, 0.1) is 0 Å². The summed E-state index contributed by atoms with van der Waals surface area (Å²) in [5.41, 5.74) is 0.675. The van der Waals surface area contributed by atoms with Crippen LogP contribution in [0.5, 0.6) is 0 Å². The lowest BCUT2D eigenvalue weighted by Gasteiger charge is -2.19. The Balaban J connectivity index is 2.07. The number of rotatable bonds is 2. The van der Waals surface area contributed by atoms with Crippen LogP contribution in [0.2, 0.25) is 0 Å². The maximum absolute atomic E-state index is 11.8. The zero-order chi connectivity index (χ0) is 10.7. The standard InChI is InChI=1S/C12H15NO2/c14-11(10-6-2-1-3-7-10)12(15)13-8-4-5-9-13/h1-3,6-7,11,14H,4-5,8-9H2/t11-/m0/s1. The van der Waals surface area contributed by atoms with E-state index in [1.807, 2.05) is 18.2 Å². The lowest BCUT2D eigenvalue weighted by atomic mass is 10.1. The molecule has 15 heavy (non-hydrogen) atoms. The van der Waals surface area contributed by atoms with Gasteiger partial charge in [-0.25, -0.2) is 0 Å². The van der Waals surface area contributed by atoms with E-state index in [0.29, 0.717) is 5.56 Å². The van der Waals surface area contributed by atoms with Crippen molar-refractivity contribution in [3.05, 3.63) is 35.9 Å². The molecule has 1 atom stereocenters. The summed E-state index contributed by atoms with van der Waals surface area (Å²) in [7, 11) is 0. The number of carbonyl (C=O) groups is 1. The zero-order valence-corrected chi connectivity index (χ0v) is 8.60. The van der Waals surface area contributed by atoms with Gasteiger partial charge in [0.15, 0.2) is 6.10 Å². The fourth-order valence-corrected chi connectivity index (χ4v) is 1.89. The van der Waals surface area contributed by atoms with Gasteiger partial charge in [-0.05, 0) is 18.4 Å². The van der Waals surface area contributed by atoms with E-state index in [4.69, 9.17) is 0 Å². The van der Waals surface area contributed by atoms with Gasteiger partial charge in [0.2, 0.25) is 0 Å². The van der Waals surface area contributed by atoms with Gasteiger partial charge in [0.1, 0.15) is 0 Å². The normalized spacial score (nSPS) is 17.8. The highest BCUT2D eigenvalue weighted by molar-refractivity contribution is 5.82. The van der Waals surface area contributed by atoms with Crippen molar-refractivity contribution in [3.63, 3.8) is 0 Å². The maximum Gasteiger partial charge on any atom is 0.256 e. The third kappa shape index (κ3) is 2.18. The molecule has 0 saturated carbocycles. The van der Waals surface area contributed by atoms with E-state index in [9.17, 15) is 9.90 Å². The summed E-state index contributed by atoms with van der Waals surface area (Å²) in [6, 6.07) is 9.08. The monoisotopic (exact) mass is 205 g/mol. The molecule has 80 valence electrons. The van der Waals surface area contributed by atoms with Gasteiger partial charge in [-0.2, -0.15) is 0 Å². The minimum absolute atomic E-state index is 0.168. The van der Waals surface area contributed by atoms with E-state index in [1.165, 1.54) is 0 Å². The Morgan fingerprint density at radius 2 is 1.80 bits per heavy atom. The molecular weight excluding hydrogens is 190 g/mol. The smallest absolute Gasteiger partial charge is 0.256 e. The number of amides is 1. The van der Waals surface area contributed by atoms with Crippen LogP contribution in [-0.2, 0) is 4.79 Å². The molecule has 0 aliphatic carbocycles. The van der Waals surface area contributed by atoms with Crippen molar-refractivity contribution < 1.29 is 9.90 Å². The Kier molecular flexibility index (Phi) is 3.02. The molecule has 1 aromatic carbocycles. The van der Waals surface area contributed by atoms with Crippen molar-refractivity contribution in [1.82, 2.24) is 4.90 Å². The van der Waals surface area contributed by atoms with Crippen LogP contribution in [-0.4, -0.2) is 29.0 Å². The zero-order valence-electron chi connectivity index (χ0n) is 8.60. The quantitative estimate of drug-likeness (QED) is 0.791. The topological polar surface area (TPSA) is 40.5 Å². The van der Waals surface area contributed by atoms with Gasteiger partial charge in [-0.3, -0.25) is 4.79 Å². The highest BCUT2D eigenvalue weighted by Gasteiger charge is 2.25. The molecule has 1 heterocycles. The summed E-state index contributed by atoms with van der Waals surface area (Å²) in [5.74, 6) is -0.168. The van der Waals surface area contributed by atoms with E-state index < -0.39 is 6.10 Å². The Morgan fingerprint density at radius 1 is 1.20 bits per heavy atom. The summed E-state index contributed by atoms with van der Waals surface area (Å²) in [6.07, 6.45) is 1.10. The van der Waals surface area contributed by atoms with Crippen LogP contribution >= 0.6 is 0 Å². The highest BCUT2D eigenvalue weighted by atomic mass is 16.3. The van der Waals surface area contributed by atoms with E-state index >= 15 is 0 Å². The third-order valence-electron chi connectivity index (χ3n) is 2.77. The molecule has 0 radical (unpaired) electrons. The average Bonchev–Trinajstić information content (AvgIpc) is 2.82. The van der Waals surface area contributed by atoms with Gasteiger partial charge >= 0.3 is 0 Å². The molecule has 0 aromatic heterocycles. The number of nitrogens with zero attached hydrogens (tertiary/aromatic N) is 1. The first kappa shape index (κ1) is 10.2. The van der Waals surface area contributed by atoms with Crippen molar-refractivity contribution in [1.29, 1.82) is 0 Å². The van der Waals surface area contributed by atoms with E-state index in [2.05, 4.69) is 0 Å². The van der Waals surface area contributed by atoms with Crippen molar-refractivity contribution in [2.24, 2.45) is 0 Å². The summed E-state index contributed by atoms with van der Waals surface area (Å²) >= 11 is 0. The molecule has 1 amide bonds. The predicted octanol–water partition coefficient (Wildman–Crippen LogP) is 1.34. The first-order valence-corrected chi connectivity index (χ1v) is 5.31. The molecule has 1 saturated heterocycles. The van der Waals surface area contributed by atoms with E-state index in [0.717, 1.165) is 25.9 Å². The first-order chi connectivity index (χ1) is 7.29. The number of hydrogen-bond donors (Lipinski definition) is 1. The van der Waals surface area contributed by atoms with Gasteiger partial charge < -0.3 is 10.0 Å². The Morgan fingerprint density at radius 3 is 2.40 bits per heavy atom. The van der Waals surface area contributed by atoms with E-state index in [1.54, 1.807) is 17.0 Å². The molecule has 1 aliphatic heterocycles. The fraction of sp³-hybridized carbons (Fsp3) is 0.417. The van der Waals surface area contributed by atoms with E-state index in [-0.39, 0.29) is 5.91 Å². The second-order valence-corrected chi connectivity index (χ2v) is 3.85. The number of carbonyl (C=O) groups excluding carboxylic acids is 1. The minimum atomic E-state index is -0.996. The average molecular weight is 205 g/mol. The Hall–Kier alpha value is -1.35. The molecule has 1 aromatic rings. The summed E-state index contributed by atoms with van der Waals surface area (Å²) in [5, 5.41) is 9.86. The van der Waals surface area contributed by atoms with Gasteiger partial charge in [-0.15, -0.1) is 0 Å². The van der Waals surface area contributed by atoms with Crippen molar-refractivity contribution in [2.75, 3.05) is 13.1 Å². The first-order valence-electron chi connectivity index (χ1n) is 5.31. The van der Waals surface area contributed by atoms with Crippen LogP contribution in [0, 0.1) is 0 Å². The predicted molar refractivity (Wildman–Crippen MR) is 57.2 cm³/mol. The number of likely N-dealkylation sites (tertiary alicyclic amines) is 1. The van der Waals surface area contributed by atoms with Gasteiger partial charge in [-0.1, -0.05) is 30.3 Å². The number of benzene rings is 1. The van der Waals surface area contributed by atoms with Crippen LogP contribution in [0.3, 0.4) is 0 Å². The number of aliphatic hydroxyl groups is 1. The molecule has 1 N–H and O–H groups in total. The number of aliphatic hydroxyl groups excluding tert-OH is 1. The van der Waals surface area contributed by atoms with Gasteiger partial charge in [0.25, 0.3) is 5.91 Å². The SMILES string of the molecule is O=C([C@@H](O)c1ccccc1)N1CCCC1. The minimum Gasteiger partial charge on any atom is -0.378 e. The Bertz CT molecular complexity index is 331. The Labute approximate surface area is 89.3 Å². The molecule has 0 unspecified atom stereocenters. The third-order valence-corrected chi connectivity index (χ3v) is 2.77. The van der Waals surface area contributed by atoms with Crippen LogP contribution in [0.25, 0.3) is 0 Å².